The third-order valence-electron chi connectivity index (χ3n) is 7.09. The number of fused-ring (bicyclic) bond motifs is 1. The SMILES string of the molecule is CC(C)C[C@H](NC(=O)c1cc2ccccc2s1)C(=O)N1CCN(C(=O)[C@H](CO)NCS(=O)(=O)c2ccc(Cl)cc2Cl)CC1. The quantitative estimate of drug-likeness (QED) is 0.285. The first-order valence-electron chi connectivity index (χ1n) is 13.8. The molecule has 0 spiro atoms. The number of benzene rings is 2. The van der Waals surface area contributed by atoms with Crippen LogP contribution >= 0.6 is 34.5 Å². The van der Waals surface area contributed by atoms with Crippen LogP contribution in [0.2, 0.25) is 10.0 Å². The average molecular weight is 670 g/mol. The zero-order valence-corrected chi connectivity index (χ0v) is 26.9. The van der Waals surface area contributed by atoms with Crippen LogP contribution in [0.15, 0.2) is 53.4 Å². The van der Waals surface area contributed by atoms with Crippen molar-refractivity contribution in [2.45, 2.75) is 37.2 Å². The number of nitrogens with one attached hydrogen (secondary N) is 2. The number of aliphatic hydroxyl groups excluding tert-OH is 1. The molecule has 0 bridgehead atoms. The van der Waals surface area contributed by atoms with Gasteiger partial charge in [0.05, 0.1) is 21.4 Å². The van der Waals surface area contributed by atoms with Crippen molar-refractivity contribution in [3.8, 4) is 0 Å². The third kappa shape index (κ3) is 8.25. The number of thiophene rings is 1. The van der Waals surface area contributed by atoms with E-state index in [4.69, 9.17) is 23.2 Å². The van der Waals surface area contributed by atoms with Crippen molar-refractivity contribution in [3.05, 3.63) is 63.5 Å². The van der Waals surface area contributed by atoms with Gasteiger partial charge in [-0.2, -0.15) is 0 Å². The minimum Gasteiger partial charge on any atom is -0.394 e. The number of nitrogens with zero attached hydrogens (tertiary/aromatic N) is 2. The Kier molecular flexibility index (Phi) is 11.1. The average Bonchev–Trinajstić information content (AvgIpc) is 3.41. The highest BCUT2D eigenvalue weighted by Gasteiger charge is 2.33. The summed E-state index contributed by atoms with van der Waals surface area (Å²) in [5.74, 6) is -1.49. The third-order valence-corrected chi connectivity index (χ3v) is 10.4. The van der Waals surface area contributed by atoms with Gasteiger partial charge in [-0.3, -0.25) is 19.7 Å². The first-order valence-corrected chi connectivity index (χ1v) is 17.0. The van der Waals surface area contributed by atoms with Gasteiger partial charge in [0, 0.05) is 35.9 Å². The number of carbonyl (C=O) groups excluding carboxylic acids is 3. The molecule has 2 aromatic carbocycles. The van der Waals surface area contributed by atoms with Crippen LogP contribution in [0.3, 0.4) is 0 Å². The van der Waals surface area contributed by atoms with E-state index in [0.717, 1.165) is 10.1 Å². The van der Waals surface area contributed by atoms with E-state index in [1.165, 1.54) is 34.4 Å². The summed E-state index contributed by atoms with van der Waals surface area (Å²) in [5, 5.41) is 16.6. The van der Waals surface area contributed by atoms with E-state index in [1.54, 1.807) is 4.90 Å². The number of hydrogen-bond donors (Lipinski definition) is 3. The van der Waals surface area contributed by atoms with E-state index in [9.17, 15) is 27.9 Å². The molecular weight excluding hydrogens is 635 g/mol. The Labute approximate surface area is 264 Å². The van der Waals surface area contributed by atoms with Crippen molar-refractivity contribution < 1.29 is 27.9 Å². The number of halogens is 2. The highest BCUT2D eigenvalue weighted by molar-refractivity contribution is 7.91. The van der Waals surface area contributed by atoms with Gasteiger partial charge in [-0.15, -0.1) is 11.3 Å². The van der Waals surface area contributed by atoms with E-state index in [-0.39, 0.29) is 58.9 Å². The first kappa shape index (κ1) is 33.2. The second-order valence-electron chi connectivity index (χ2n) is 10.7. The minimum atomic E-state index is -3.92. The second-order valence-corrected chi connectivity index (χ2v) is 14.6. The van der Waals surface area contributed by atoms with Crippen LogP contribution in [0.1, 0.15) is 29.9 Å². The maximum absolute atomic E-state index is 13.5. The van der Waals surface area contributed by atoms with Crippen LogP contribution in [-0.2, 0) is 19.4 Å². The lowest BCUT2D eigenvalue weighted by Crippen LogP contribution is -2.59. The molecule has 1 aliphatic heterocycles. The van der Waals surface area contributed by atoms with Crippen LogP contribution in [0.25, 0.3) is 10.1 Å². The fourth-order valence-corrected chi connectivity index (χ4v) is 7.78. The molecule has 232 valence electrons. The summed E-state index contributed by atoms with van der Waals surface area (Å²) in [7, 11) is -3.92. The molecule has 0 radical (unpaired) electrons. The Balaban J connectivity index is 1.34. The number of aliphatic hydroxyl groups is 1. The van der Waals surface area contributed by atoms with E-state index < -0.39 is 40.3 Å². The topological polar surface area (TPSA) is 136 Å². The van der Waals surface area contributed by atoms with Gasteiger partial charge in [-0.05, 0) is 48.1 Å². The van der Waals surface area contributed by atoms with Crippen molar-refractivity contribution in [1.29, 1.82) is 0 Å². The van der Waals surface area contributed by atoms with Crippen molar-refractivity contribution >= 4 is 72.2 Å². The van der Waals surface area contributed by atoms with Gasteiger partial charge in [0.25, 0.3) is 5.91 Å². The van der Waals surface area contributed by atoms with Gasteiger partial charge < -0.3 is 20.2 Å². The maximum Gasteiger partial charge on any atom is 0.262 e. The van der Waals surface area contributed by atoms with Crippen LogP contribution < -0.4 is 10.6 Å². The van der Waals surface area contributed by atoms with Crippen molar-refractivity contribution in [3.63, 3.8) is 0 Å². The van der Waals surface area contributed by atoms with Gasteiger partial charge in [0.15, 0.2) is 9.84 Å². The van der Waals surface area contributed by atoms with Crippen LogP contribution in [0.5, 0.6) is 0 Å². The lowest BCUT2D eigenvalue weighted by molar-refractivity contribution is -0.142. The molecule has 3 aromatic rings. The zero-order chi connectivity index (χ0) is 31.3. The summed E-state index contributed by atoms with van der Waals surface area (Å²) in [6, 6.07) is 11.6. The van der Waals surface area contributed by atoms with Gasteiger partial charge in [-0.25, -0.2) is 8.42 Å². The van der Waals surface area contributed by atoms with Gasteiger partial charge in [-0.1, -0.05) is 55.2 Å². The molecular formula is C29H34Cl2N4O6S2. The molecule has 0 aliphatic carbocycles. The highest BCUT2D eigenvalue weighted by Crippen LogP contribution is 2.27. The highest BCUT2D eigenvalue weighted by atomic mass is 35.5. The summed E-state index contributed by atoms with van der Waals surface area (Å²) >= 11 is 13.3. The second kappa shape index (κ2) is 14.4. The molecule has 1 aliphatic rings. The summed E-state index contributed by atoms with van der Waals surface area (Å²) in [6.07, 6.45) is 0.456. The normalized spacial score (nSPS) is 15.5. The Hall–Kier alpha value is -2.74. The predicted octanol–water partition coefficient (Wildman–Crippen LogP) is 3.41. The largest absolute Gasteiger partial charge is 0.394 e. The smallest absolute Gasteiger partial charge is 0.262 e. The Morgan fingerprint density at radius 3 is 2.16 bits per heavy atom. The maximum atomic E-state index is 13.5. The van der Waals surface area contributed by atoms with Gasteiger partial charge in [0.1, 0.15) is 18.0 Å². The van der Waals surface area contributed by atoms with Crippen molar-refractivity contribution in [1.82, 2.24) is 20.4 Å². The molecule has 3 amide bonds. The van der Waals surface area contributed by atoms with Crippen LogP contribution in [0, 0.1) is 5.92 Å². The number of amides is 3. The molecule has 0 unspecified atom stereocenters. The van der Waals surface area contributed by atoms with Gasteiger partial charge >= 0.3 is 0 Å². The Bertz CT molecular complexity index is 1560. The Morgan fingerprint density at radius 2 is 1.58 bits per heavy atom. The number of piperazine rings is 1. The lowest BCUT2D eigenvalue weighted by atomic mass is 10.0. The molecule has 3 N–H and O–H groups in total. The number of hydrogen-bond acceptors (Lipinski definition) is 8. The van der Waals surface area contributed by atoms with Gasteiger partial charge in [0.2, 0.25) is 11.8 Å². The standard InChI is InChI=1S/C29H34Cl2N4O6S2/c1-18(2)13-22(33-27(37)25-14-19-5-3-4-6-24(19)42-25)28(38)34-9-11-35(12-10-34)29(39)23(16-36)32-17-43(40,41)26-8-7-20(30)15-21(26)31/h3-8,14-15,18,22-23,32,36H,9-13,16-17H2,1-2H3,(H,33,37)/t22-,23-/m0/s1. The fourth-order valence-electron chi connectivity index (χ4n) is 4.85. The van der Waals surface area contributed by atoms with E-state index in [0.29, 0.717) is 11.3 Å². The number of sulfone groups is 1. The van der Waals surface area contributed by atoms with Crippen LogP contribution in [-0.4, -0.2) is 91.8 Å². The number of carbonyl (C=O) groups is 3. The van der Waals surface area contributed by atoms with Crippen molar-refractivity contribution in [2.75, 3.05) is 38.7 Å². The minimum absolute atomic E-state index is 0.0438. The fraction of sp³-hybridized carbons (Fsp3) is 0.414. The van der Waals surface area contributed by atoms with Crippen LogP contribution in [0.4, 0.5) is 0 Å². The molecule has 1 saturated heterocycles. The molecule has 4 rings (SSSR count). The van der Waals surface area contributed by atoms with E-state index in [1.807, 2.05) is 44.2 Å². The molecule has 2 atom stereocenters. The Morgan fingerprint density at radius 1 is 0.953 bits per heavy atom. The zero-order valence-electron chi connectivity index (χ0n) is 23.8. The molecule has 2 heterocycles. The summed E-state index contributed by atoms with van der Waals surface area (Å²) < 4.78 is 26.6. The monoisotopic (exact) mass is 668 g/mol. The molecule has 43 heavy (non-hydrogen) atoms. The summed E-state index contributed by atoms with van der Waals surface area (Å²) in [5.41, 5.74) is 0. The summed E-state index contributed by atoms with van der Waals surface area (Å²) in [6.45, 7) is 4.18. The first-order chi connectivity index (χ1) is 20.4. The van der Waals surface area contributed by atoms with Crippen molar-refractivity contribution in [2.24, 2.45) is 5.92 Å². The molecule has 14 heteroatoms. The molecule has 1 fully saturated rings. The van der Waals surface area contributed by atoms with E-state index >= 15 is 0 Å². The molecule has 10 nitrogen and oxygen atoms in total. The predicted molar refractivity (Wildman–Crippen MR) is 168 cm³/mol. The number of rotatable bonds is 11. The van der Waals surface area contributed by atoms with E-state index in [2.05, 4.69) is 10.6 Å². The molecule has 0 saturated carbocycles. The molecule has 1 aromatic heterocycles. The summed E-state index contributed by atoms with van der Waals surface area (Å²) in [4.78, 5) is 43.2. The lowest BCUT2D eigenvalue weighted by Gasteiger charge is -2.38.